The monoisotopic (exact) mass is 277 g/mol. The molecule has 0 aromatic carbocycles. The van der Waals surface area contributed by atoms with E-state index in [1.54, 1.807) is 0 Å². The van der Waals surface area contributed by atoms with Crippen molar-refractivity contribution >= 4 is 17.3 Å². The van der Waals surface area contributed by atoms with Crippen molar-refractivity contribution < 1.29 is 18.3 Å². The molecule has 18 heavy (non-hydrogen) atoms. The number of aliphatic hydroxyl groups excluding tert-OH is 1. The lowest BCUT2D eigenvalue weighted by Crippen LogP contribution is -2.35. The quantitative estimate of drug-likeness (QED) is 0.855. The van der Waals surface area contributed by atoms with Gasteiger partial charge in [-0.25, -0.2) is 9.97 Å². The molecular weight excluding hydrogens is 271 g/mol. The molecule has 1 aromatic rings. The van der Waals surface area contributed by atoms with Crippen LogP contribution in [0.2, 0.25) is 0 Å². The van der Waals surface area contributed by atoms with Crippen molar-refractivity contribution in [3.63, 3.8) is 0 Å². The van der Waals surface area contributed by atoms with E-state index in [4.69, 9.17) is 11.6 Å². The lowest BCUT2D eigenvalue weighted by atomic mass is 10.1. The molecule has 0 amide bonds. The minimum atomic E-state index is -4.55. The van der Waals surface area contributed by atoms with Gasteiger partial charge in [0.2, 0.25) is 0 Å². The van der Waals surface area contributed by atoms with Crippen molar-refractivity contribution in [3.05, 3.63) is 41.6 Å². The molecule has 2 rings (SSSR count). The molecule has 1 aromatic heterocycles. The molecule has 0 aliphatic carbocycles. The third kappa shape index (κ3) is 2.46. The summed E-state index contributed by atoms with van der Waals surface area (Å²) < 4.78 is 37.9. The van der Waals surface area contributed by atoms with Crippen LogP contribution in [0.25, 0.3) is 0 Å². The van der Waals surface area contributed by atoms with Crippen LogP contribution in [-0.2, 0) is 0 Å². The Balaban J connectivity index is 2.42. The highest BCUT2D eigenvalue weighted by atomic mass is 35.5. The number of halogens is 4. The maximum absolute atomic E-state index is 12.6. The van der Waals surface area contributed by atoms with Gasteiger partial charge < -0.3 is 10.0 Å². The van der Waals surface area contributed by atoms with Gasteiger partial charge in [-0.1, -0.05) is 11.6 Å². The number of aromatic nitrogens is 2. The summed E-state index contributed by atoms with van der Waals surface area (Å²) in [5.41, 5.74) is -0.750. The van der Waals surface area contributed by atoms with Gasteiger partial charge >= 0.3 is 6.18 Å². The van der Waals surface area contributed by atoms with Gasteiger partial charge in [0.1, 0.15) is 6.33 Å². The molecular formula is C10H7ClF3N3O. The summed E-state index contributed by atoms with van der Waals surface area (Å²) in [6.45, 7) is 0. The SMILES string of the molecule is OC1C(Cl)=CC(C(F)(F)F)=CN1c1cncnc1. The molecule has 0 radical (unpaired) electrons. The zero-order valence-corrected chi connectivity index (χ0v) is 9.52. The highest BCUT2D eigenvalue weighted by Crippen LogP contribution is 2.34. The maximum atomic E-state index is 12.6. The Bertz CT molecular complexity index is 501. The van der Waals surface area contributed by atoms with E-state index in [1.165, 1.54) is 18.7 Å². The first-order valence-corrected chi connectivity index (χ1v) is 5.15. The summed E-state index contributed by atoms with van der Waals surface area (Å²) in [7, 11) is 0. The summed E-state index contributed by atoms with van der Waals surface area (Å²) in [6.07, 6.45) is -0.711. The molecule has 1 unspecified atom stereocenters. The van der Waals surface area contributed by atoms with Crippen molar-refractivity contribution in [1.29, 1.82) is 0 Å². The second-order valence-corrected chi connectivity index (χ2v) is 3.93. The van der Waals surface area contributed by atoms with Crippen LogP contribution in [0, 0.1) is 0 Å². The normalized spacial score (nSPS) is 20.5. The predicted molar refractivity (Wildman–Crippen MR) is 58.6 cm³/mol. The van der Waals surface area contributed by atoms with Gasteiger partial charge in [-0.3, -0.25) is 0 Å². The minimum Gasteiger partial charge on any atom is -0.368 e. The molecule has 1 N–H and O–H groups in total. The van der Waals surface area contributed by atoms with Gasteiger partial charge in [0.25, 0.3) is 0 Å². The van der Waals surface area contributed by atoms with Gasteiger partial charge in [0.15, 0.2) is 6.23 Å². The number of allylic oxidation sites excluding steroid dienone is 2. The Morgan fingerprint density at radius 3 is 2.44 bits per heavy atom. The zero-order valence-electron chi connectivity index (χ0n) is 8.76. The molecule has 2 heterocycles. The first-order valence-electron chi connectivity index (χ1n) is 4.77. The van der Waals surface area contributed by atoms with Crippen molar-refractivity contribution in [1.82, 2.24) is 9.97 Å². The predicted octanol–water partition coefficient (Wildman–Crippen LogP) is 2.18. The number of hydrogen-bond donors (Lipinski definition) is 1. The van der Waals surface area contributed by atoms with E-state index in [-0.39, 0.29) is 10.7 Å². The number of aliphatic hydroxyl groups is 1. The van der Waals surface area contributed by atoms with E-state index in [1.807, 2.05) is 0 Å². The van der Waals surface area contributed by atoms with Crippen LogP contribution in [-0.4, -0.2) is 27.5 Å². The number of rotatable bonds is 1. The Kier molecular flexibility index (Phi) is 3.27. The first-order chi connectivity index (χ1) is 8.39. The summed E-state index contributed by atoms with van der Waals surface area (Å²) in [6, 6.07) is 0. The molecule has 1 aliphatic rings. The fraction of sp³-hybridized carbons (Fsp3) is 0.200. The molecule has 96 valence electrons. The molecule has 4 nitrogen and oxygen atoms in total. The van der Waals surface area contributed by atoms with E-state index in [0.29, 0.717) is 6.08 Å². The first kappa shape index (κ1) is 12.8. The average Bonchev–Trinajstić information content (AvgIpc) is 2.32. The van der Waals surface area contributed by atoms with E-state index >= 15 is 0 Å². The lowest BCUT2D eigenvalue weighted by Gasteiger charge is -2.30. The molecule has 0 fully saturated rings. The van der Waals surface area contributed by atoms with E-state index < -0.39 is 18.0 Å². The third-order valence-corrected chi connectivity index (χ3v) is 2.56. The van der Waals surface area contributed by atoms with Crippen LogP contribution in [0.3, 0.4) is 0 Å². The Morgan fingerprint density at radius 1 is 1.28 bits per heavy atom. The fourth-order valence-corrected chi connectivity index (χ4v) is 1.63. The minimum absolute atomic E-state index is 0.206. The Hall–Kier alpha value is -1.60. The molecule has 1 aliphatic heterocycles. The van der Waals surface area contributed by atoms with Crippen molar-refractivity contribution in [3.8, 4) is 0 Å². The van der Waals surface area contributed by atoms with Crippen molar-refractivity contribution in [2.75, 3.05) is 4.90 Å². The van der Waals surface area contributed by atoms with Crippen LogP contribution in [0.1, 0.15) is 0 Å². The topological polar surface area (TPSA) is 49.2 Å². The smallest absolute Gasteiger partial charge is 0.368 e. The number of anilines is 1. The summed E-state index contributed by atoms with van der Waals surface area (Å²) in [5.74, 6) is 0. The Labute approximate surface area is 105 Å². The molecule has 1 atom stereocenters. The molecule has 0 saturated carbocycles. The number of hydrogen-bond acceptors (Lipinski definition) is 4. The second-order valence-electron chi connectivity index (χ2n) is 3.49. The van der Waals surface area contributed by atoms with Gasteiger partial charge in [0.05, 0.1) is 28.7 Å². The zero-order chi connectivity index (χ0) is 13.3. The Morgan fingerprint density at radius 2 is 1.89 bits per heavy atom. The van der Waals surface area contributed by atoms with E-state index in [2.05, 4.69) is 9.97 Å². The largest absolute Gasteiger partial charge is 0.417 e. The molecule has 0 saturated heterocycles. The second kappa shape index (κ2) is 4.58. The fourth-order valence-electron chi connectivity index (χ4n) is 1.41. The lowest BCUT2D eigenvalue weighted by molar-refractivity contribution is -0.0888. The van der Waals surface area contributed by atoms with Crippen molar-refractivity contribution in [2.24, 2.45) is 0 Å². The number of nitrogens with zero attached hydrogens (tertiary/aromatic N) is 3. The van der Waals surface area contributed by atoms with Crippen LogP contribution >= 0.6 is 11.6 Å². The summed E-state index contributed by atoms with van der Waals surface area (Å²) >= 11 is 5.60. The van der Waals surface area contributed by atoms with Crippen LogP contribution in [0.15, 0.2) is 41.6 Å². The van der Waals surface area contributed by atoms with E-state index in [9.17, 15) is 18.3 Å². The third-order valence-electron chi connectivity index (χ3n) is 2.25. The maximum Gasteiger partial charge on any atom is 0.417 e. The summed E-state index contributed by atoms with van der Waals surface area (Å²) in [5, 5.41) is 9.41. The van der Waals surface area contributed by atoms with Crippen LogP contribution in [0.5, 0.6) is 0 Å². The van der Waals surface area contributed by atoms with Gasteiger partial charge in [-0.2, -0.15) is 13.2 Å². The standard InChI is InChI=1S/C10H7ClF3N3O/c11-8-1-6(10(12,13)14)4-17(9(8)18)7-2-15-5-16-3-7/h1-5,9,18H. The highest BCUT2D eigenvalue weighted by Gasteiger charge is 2.37. The average molecular weight is 278 g/mol. The van der Waals surface area contributed by atoms with Crippen LogP contribution in [0.4, 0.5) is 18.9 Å². The molecule has 0 bridgehead atoms. The van der Waals surface area contributed by atoms with Crippen LogP contribution < -0.4 is 4.90 Å². The van der Waals surface area contributed by atoms with E-state index in [0.717, 1.165) is 11.1 Å². The van der Waals surface area contributed by atoms with Gasteiger partial charge in [-0.15, -0.1) is 0 Å². The highest BCUT2D eigenvalue weighted by molar-refractivity contribution is 6.30. The molecule has 8 heteroatoms. The molecule has 0 spiro atoms. The van der Waals surface area contributed by atoms with Crippen molar-refractivity contribution in [2.45, 2.75) is 12.4 Å². The number of alkyl halides is 3. The van der Waals surface area contributed by atoms with Gasteiger partial charge in [-0.05, 0) is 6.08 Å². The summed E-state index contributed by atoms with van der Waals surface area (Å²) in [4.78, 5) is 8.29. The van der Waals surface area contributed by atoms with Gasteiger partial charge in [0, 0.05) is 6.20 Å².